The second-order valence-electron chi connectivity index (χ2n) is 13.0. The Morgan fingerprint density at radius 1 is 0.929 bits per heavy atom. The fourth-order valence-electron chi connectivity index (χ4n) is 5.50. The molecular formula is C31H54N4O7. The number of amides is 3. The van der Waals surface area contributed by atoms with Crippen molar-refractivity contribution < 1.29 is 33.4 Å². The number of esters is 2. The van der Waals surface area contributed by atoms with E-state index in [9.17, 15) is 24.0 Å². The first-order chi connectivity index (χ1) is 19.5. The lowest BCUT2D eigenvalue weighted by Gasteiger charge is -2.43. The number of rotatable bonds is 14. The standard InChI is InChI=1S/C31H54N4O7/c1-20(26(37)33-22(29(40)42-10)16-17-23(36)41-9)18-19-35(8)28(39)25(30(2,3)4)34-27(38)24(32-7)31(5,6)21-14-12-11-13-15-21/h18,21-22,24-25,32H,11-17,19H2,1-10H3,(H,33,37)(H,34,38)/b20-18+. The molecule has 3 unspecified atom stereocenters. The zero-order valence-electron chi connectivity index (χ0n) is 27.3. The van der Waals surface area contributed by atoms with Gasteiger partial charge in [-0.1, -0.05) is 60.0 Å². The molecule has 0 aromatic rings. The smallest absolute Gasteiger partial charge is 0.328 e. The largest absolute Gasteiger partial charge is 0.469 e. The molecule has 0 aromatic heterocycles. The maximum atomic E-state index is 13.6. The van der Waals surface area contributed by atoms with E-state index in [0.29, 0.717) is 5.92 Å². The van der Waals surface area contributed by atoms with Gasteiger partial charge in [-0.2, -0.15) is 0 Å². The Morgan fingerprint density at radius 3 is 2.02 bits per heavy atom. The molecule has 1 fully saturated rings. The van der Waals surface area contributed by atoms with Crippen LogP contribution in [0.5, 0.6) is 0 Å². The van der Waals surface area contributed by atoms with Gasteiger partial charge in [0.2, 0.25) is 17.7 Å². The molecule has 11 heteroatoms. The highest BCUT2D eigenvalue weighted by atomic mass is 16.5. The van der Waals surface area contributed by atoms with Crippen molar-refractivity contribution in [2.75, 3.05) is 34.9 Å². The molecule has 1 rings (SSSR count). The third-order valence-corrected chi connectivity index (χ3v) is 8.41. The van der Waals surface area contributed by atoms with Gasteiger partial charge in [-0.25, -0.2) is 4.79 Å². The quantitative estimate of drug-likeness (QED) is 0.206. The van der Waals surface area contributed by atoms with E-state index in [1.165, 1.54) is 38.4 Å². The van der Waals surface area contributed by atoms with Crippen molar-refractivity contribution in [1.82, 2.24) is 20.9 Å². The molecule has 11 nitrogen and oxygen atoms in total. The monoisotopic (exact) mass is 594 g/mol. The molecule has 0 aliphatic heterocycles. The molecule has 42 heavy (non-hydrogen) atoms. The van der Waals surface area contributed by atoms with Gasteiger partial charge in [0, 0.05) is 25.6 Å². The number of nitrogens with zero attached hydrogens (tertiary/aromatic N) is 1. The lowest BCUT2D eigenvalue weighted by molar-refractivity contribution is -0.146. The number of carbonyl (C=O) groups is 5. The van der Waals surface area contributed by atoms with Crippen LogP contribution in [0.15, 0.2) is 11.6 Å². The van der Waals surface area contributed by atoms with E-state index in [2.05, 4.69) is 34.5 Å². The van der Waals surface area contributed by atoms with Crippen LogP contribution in [0.25, 0.3) is 0 Å². The van der Waals surface area contributed by atoms with Gasteiger partial charge < -0.3 is 30.3 Å². The number of methoxy groups -OCH3 is 2. The van der Waals surface area contributed by atoms with Gasteiger partial charge in [-0.05, 0) is 50.0 Å². The van der Waals surface area contributed by atoms with E-state index in [4.69, 9.17) is 4.74 Å². The Balaban J connectivity index is 2.97. The van der Waals surface area contributed by atoms with Crippen LogP contribution in [-0.2, 0) is 33.4 Å². The van der Waals surface area contributed by atoms with Gasteiger partial charge in [-0.15, -0.1) is 0 Å². The van der Waals surface area contributed by atoms with Gasteiger partial charge in [0.15, 0.2) is 0 Å². The summed E-state index contributed by atoms with van der Waals surface area (Å²) in [5.74, 6) is -1.79. The maximum Gasteiger partial charge on any atom is 0.328 e. The lowest BCUT2D eigenvalue weighted by atomic mass is 9.66. The van der Waals surface area contributed by atoms with Gasteiger partial charge in [-0.3, -0.25) is 19.2 Å². The molecule has 3 atom stereocenters. The van der Waals surface area contributed by atoms with Crippen LogP contribution in [0.4, 0.5) is 0 Å². The minimum atomic E-state index is -1.03. The molecule has 240 valence electrons. The fraction of sp³-hybridized carbons (Fsp3) is 0.774. The summed E-state index contributed by atoms with van der Waals surface area (Å²) < 4.78 is 9.34. The normalized spacial score (nSPS) is 17.0. The van der Waals surface area contributed by atoms with Crippen molar-refractivity contribution in [2.24, 2.45) is 16.7 Å². The predicted molar refractivity (Wildman–Crippen MR) is 161 cm³/mol. The summed E-state index contributed by atoms with van der Waals surface area (Å²) in [5.41, 5.74) is -0.581. The van der Waals surface area contributed by atoms with Crippen LogP contribution in [0, 0.1) is 16.7 Å². The molecule has 3 amide bonds. The SMILES string of the molecule is CNC(C(=O)NC(C(=O)N(C)C/C=C(\C)C(=O)NC(CCC(=O)OC)C(=O)OC)C(C)(C)C)C(C)(C)C1CCCCC1. The summed E-state index contributed by atoms with van der Waals surface area (Å²) in [7, 11) is 5.84. The zero-order chi connectivity index (χ0) is 32.3. The molecule has 0 saturated heterocycles. The van der Waals surface area contributed by atoms with Crippen LogP contribution >= 0.6 is 0 Å². The average molecular weight is 595 g/mol. The number of carbonyl (C=O) groups excluding carboxylic acids is 5. The third-order valence-electron chi connectivity index (χ3n) is 8.41. The molecule has 1 aliphatic carbocycles. The Labute approximate surface area is 251 Å². The molecule has 0 heterocycles. The van der Waals surface area contributed by atoms with Crippen molar-refractivity contribution in [2.45, 2.75) is 105 Å². The molecule has 1 aliphatic rings. The lowest BCUT2D eigenvalue weighted by Crippen LogP contribution is -2.61. The number of likely N-dealkylation sites (N-methyl/N-ethyl adjacent to an activating group) is 2. The highest BCUT2D eigenvalue weighted by Gasteiger charge is 2.43. The van der Waals surface area contributed by atoms with E-state index < -0.39 is 41.4 Å². The van der Waals surface area contributed by atoms with E-state index >= 15 is 0 Å². The van der Waals surface area contributed by atoms with E-state index in [-0.39, 0.29) is 42.2 Å². The molecule has 0 radical (unpaired) electrons. The van der Waals surface area contributed by atoms with Crippen molar-refractivity contribution in [1.29, 1.82) is 0 Å². The molecule has 0 aromatic carbocycles. The summed E-state index contributed by atoms with van der Waals surface area (Å²) in [4.78, 5) is 65.1. The molecule has 0 spiro atoms. The molecule has 0 bridgehead atoms. The van der Waals surface area contributed by atoms with E-state index in [1.54, 1.807) is 27.1 Å². The Kier molecular flexibility index (Phi) is 14.7. The summed E-state index contributed by atoms with van der Waals surface area (Å²) in [6, 6.07) is -2.28. The average Bonchev–Trinajstić information content (AvgIpc) is 2.95. The molecular weight excluding hydrogens is 540 g/mol. The Hall–Kier alpha value is -2.95. The fourth-order valence-corrected chi connectivity index (χ4v) is 5.50. The van der Waals surface area contributed by atoms with Gasteiger partial charge in [0.05, 0.1) is 20.3 Å². The molecule has 1 saturated carbocycles. The van der Waals surface area contributed by atoms with Crippen molar-refractivity contribution in [3.8, 4) is 0 Å². The maximum absolute atomic E-state index is 13.6. The van der Waals surface area contributed by atoms with Crippen LogP contribution in [0.3, 0.4) is 0 Å². The van der Waals surface area contributed by atoms with Gasteiger partial charge in [0.1, 0.15) is 12.1 Å². The minimum absolute atomic E-state index is 0.0227. The van der Waals surface area contributed by atoms with Crippen LogP contribution in [-0.4, -0.2) is 87.5 Å². The highest BCUT2D eigenvalue weighted by molar-refractivity contribution is 5.96. The van der Waals surface area contributed by atoms with E-state index in [0.717, 1.165) is 12.8 Å². The second-order valence-corrected chi connectivity index (χ2v) is 13.0. The Morgan fingerprint density at radius 2 is 1.52 bits per heavy atom. The highest BCUT2D eigenvalue weighted by Crippen LogP contribution is 2.40. The number of ether oxygens (including phenoxy) is 2. The minimum Gasteiger partial charge on any atom is -0.469 e. The number of hydrogen-bond donors (Lipinski definition) is 3. The zero-order valence-corrected chi connectivity index (χ0v) is 27.3. The number of nitrogens with one attached hydrogen (secondary N) is 3. The third kappa shape index (κ3) is 10.7. The van der Waals surface area contributed by atoms with Crippen molar-refractivity contribution in [3.05, 3.63) is 11.6 Å². The topological polar surface area (TPSA) is 143 Å². The van der Waals surface area contributed by atoms with Crippen molar-refractivity contribution in [3.63, 3.8) is 0 Å². The van der Waals surface area contributed by atoms with Crippen LogP contribution in [0.2, 0.25) is 0 Å². The van der Waals surface area contributed by atoms with Gasteiger partial charge >= 0.3 is 11.9 Å². The summed E-state index contributed by atoms with van der Waals surface area (Å²) >= 11 is 0. The first-order valence-corrected chi connectivity index (χ1v) is 14.9. The van der Waals surface area contributed by atoms with Gasteiger partial charge in [0.25, 0.3) is 0 Å². The Bertz CT molecular complexity index is 980. The second kappa shape index (κ2) is 16.6. The molecule has 3 N–H and O–H groups in total. The first kappa shape index (κ1) is 37.1. The van der Waals surface area contributed by atoms with E-state index in [1.807, 2.05) is 20.8 Å². The summed E-state index contributed by atoms with van der Waals surface area (Å²) in [6.45, 7) is 11.6. The van der Waals surface area contributed by atoms with Crippen LogP contribution in [0.1, 0.15) is 86.5 Å². The summed E-state index contributed by atoms with van der Waals surface area (Å²) in [5, 5.41) is 8.82. The predicted octanol–water partition coefficient (Wildman–Crippen LogP) is 2.73. The number of hydrogen-bond acceptors (Lipinski definition) is 8. The van der Waals surface area contributed by atoms with Crippen LogP contribution < -0.4 is 16.0 Å². The van der Waals surface area contributed by atoms with Crippen molar-refractivity contribution >= 4 is 29.7 Å². The summed E-state index contributed by atoms with van der Waals surface area (Å²) in [6.07, 6.45) is 7.28. The first-order valence-electron chi connectivity index (χ1n) is 14.9.